The lowest BCUT2D eigenvalue weighted by atomic mass is 10.3. The van der Waals surface area contributed by atoms with Gasteiger partial charge in [-0.05, 0) is 31.2 Å². The van der Waals surface area contributed by atoms with Crippen LogP contribution in [0.2, 0.25) is 0 Å². The average Bonchev–Trinajstić information content (AvgIpc) is 2.95. The van der Waals surface area contributed by atoms with Crippen LogP contribution in [-0.4, -0.2) is 58.8 Å². The van der Waals surface area contributed by atoms with E-state index in [-0.39, 0.29) is 24.0 Å². The maximum Gasteiger partial charge on any atom is 0.208 e. The molecule has 0 aromatic carbocycles. The number of rotatable bonds is 9. The monoisotopic (exact) mass is 474 g/mol. The first-order valence-electron chi connectivity index (χ1n) is 7.39. The Kier molecular flexibility index (Phi) is 11.8. The molecule has 1 aromatic rings. The van der Waals surface area contributed by atoms with Crippen molar-refractivity contribution >= 4 is 51.3 Å². The molecule has 23 heavy (non-hydrogen) atoms. The van der Waals surface area contributed by atoms with E-state index < -0.39 is 10.0 Å². The Morgan fingerprint density at radius 1 is 1.43 bits per heavy atom. The van der Waals surface area contributed by atoms with Crippen LogP contribution in [0.4, 0.5) is 0 Å². The smallest absolute Gasteiger partial charge is 0.208 e. The van der Waals surface area contributed by atoms with Gasteiger partial charge in [-0.1, -0.05) is 6.07 Å². The van der Waals surface area contributed by atoms with Gasteiger partial charge >= 0.3 is 0 Å². The van der Waals surface area contributed by atoms with Gasteiger partial charge in [0.1, 0.15) is 0 Å². The molecule has 1 heterocycles. The normalized spacial score (nSPS) is 11.9. The molecule has 0 aliphatic rings. The van der Waals surface area contributed by atoms with Gasteiger partial charge in [0.15, 0.2) is 5.96 Å². The van der Waals surface area contributed by atoms with Crippen molar-refractivity contribution in [2.24, 2.45) is 4.99 Å². The maximum absolute atomic E-state index is 11.0. The van der Waals surface area contributed by atoms with Crippen LogP contribution in [0.15, 0.2) is 22.5 Å². The highest BCUT2D eigenvalue weighted by Gasteiger charge is 2.06. The van der Waals surface area contributed by atoms with E-state index in [0.717, 1.165) is 25.5 Å². The summed E-state index contributed by atoms with van der Waals surface area (Å²) < 4.78 is 24.4. The molecular weight excluding hydrogens is 447 g/mol. The average molecular weight is 474 g/mol. The maximum atomic E-state index is 11.0. The molecule has 0 aliphatic heterocycles. The second kappa shape index (κ2) is 12.0. The van der Waals surface area contributed by atoms with E-state index in [2.05, 4.69) is 37.4 Å². The molecule has 0 atom stereocenters. The van der Waals surface area contributed by atoms with Gasteiger partial charge in [0.05, 0.1) is 6.26 Å². The molecule has 0 amide bonds. The van der Waals surface area contributed by atoms with Gasteiger partial charge in [0, 0.05) is 38.1 Å². The minimum Gasteiger partial charge on any atom is -0.357 e. The highest BCUT2D eigenvalue weighted by atomic mass is 127. The first-order chi connectivity index (χ1) is 10.4. The summed E-state index contributed by atoms with van der Waals surface area (Å²) in [7, 11) is -1.09. The summed E-state index contributed by atoms with van der Waals surface area (Å²) in [4.78, 5) is 8.00. The van der Waals surface area contributed by atoms with Gasteiger partial charge in [-0.3, -0.25) is 4.99 Å². The van der Waals surface area contributed by atoms with Crippen LogP contribution in [-0.2, 0) is 16.4 Å². The van der Waals surface area contributed by atoms with E-state index in [1.54, 1.807) is 11.3 Å². The largest absolute Gasteiger partial charge is 0.357 e. The van der Waals surface area contributed by atoms with E-state index in [4.69, 9.17) is 0 Å². The van der Waals surface area contributed by atoms with Gasteiger partial charge in [0.25, 0.3) is 0 Å². The van der Waals surface area contributed by atoms with Crippen LogP contribution < -0.4 is 10.0 Å². The van der Waals surface area contributed by atoms with Crippen LogP contribution in [0.1, 0.15) is 18.2 Å². The minimum absolute atomic E-state index is 0. The predicted octanol–water partition coefficient (Wildman–Crippen LogP) is 1.75. The molecule has 1 aromatic heterocycles. The molecular formula is C14H27IN4O2S2. The number of hydrogen-bond acceptors (Lipinski definition) is 4. The van der Waals surface area contributed by atoms with Gasteiger partial charge in [-0.25, -0.2) is 13.1 Å². The third-order valence-electron chi connectivity index (χ3n) is 2.93. The van der Waals surface area contributed by atoms with E-state index in [1.807, 2.05) is 14.0 Å². The summed E-state index contributed by atoms with van der Waals surface area (Å²) in [6.45, 7) is 4.75. The fraction of sp³-hybridized carbons (Fsp3) is 0.643. The van der Waals surface area contributed by atoms with Crippen LogP contribution in [0.5, 0.6) is 0 Å². The van der Waals surface area contributed by atoms with Crippen molar-refractivity contribution in [3.05, 3.63) is 22.4 Å². The number of guanidine groups is 1. The highest BCUT2D eigenvalue weighted by molar-refractivity contribution is 14.0. The molecule has 134 valence electrons. The topological polar surface area (TPSA) is 73.8 Å². The molecule has 9 heteroatoms. The summed E-state index contributed by atoms with van der Waals surface area (Å²) in [5, 5.41) is 5.35. The zero-order chi connectivity index (χ0) is 16.4. The standard InChI is InChI=1S/C14H26N4O2S2.HI/c1-4-15-14(16-9-6-10-17-22(3,19)20)18(2)11-8-13-7-5-12-21-13;/h5,7,12,17H,4,6,8-11H2,1-3H3,(H,15,16);1H. The summed E-state index contributed by atoms with van der Waals surface area (Å²) in [5.74, 6) is 0.860. The molecule has 0 bridgehead atoms. The lowest BCUT2D eigenvalue weighted by Gasteiger charge is -2.21. The minimum atomic E-state index is -3.11. The van der Waals surface area contributed by atoms with Crippen molar-refractivity contribution < 1.29 is 8.42 Å². The number of halogens is 1. The second-order valence-electron chi connectivity index (χ2n) is 5.01. The van der Waals surface area contributed by atoms with E-state index >= 15 is 0 Å². The first-order valence-corrected chi connectivity index (χ1v) is 10.2. The predicted molar refractivity (Wildman–Crippen MR) is 110 cm³/mol. The Labute approximate surface area is 160 Å². The van der Waals surface area contributed by atoms with Gasteiger partial charge < -0.3 is 10.2 Å². The fourth-order valence-corrected chi connectivity index (χ4v) is 3.04. The number of nitrogens with one attached hydrogen (secondary N) is 2. The Hall–Kier alpha value is -0.390. The molecule has 0 aliphatic carbocycles. The highest BCUT2D eigenvalue weighted by Crippen LogP contribution is 2.09. The van der Waals surface area contributed by atoms with Crippen LogP contribution in [0.3, 0.4) is 0 Å². The van der Waals surface area contributed by atoms with Crippen LogP contribution in [0.25, 0.3) is 0 Å². The molecule has 0 saturated heterocycles. The van der Waals surface area contributed by atoms with Crippen molar-refractivity contribution in [3.8, 4) is 0 Å². The Bertz CT molecular complexity index is 547. The van der Waals surface area contributed by atoms with E-state index in [0.29, 0.717) is 19.5 Å². The Morgan fingerprint density at radius 3 is 2.74 bits per heavy atom. The number of hydrogen-bond donors (Lipinski definition) is 2. The first kappa shape index (κ1) is 22.6. The number of aliphatic imine (C=N–C) groups is 1. The van der Waals surface area contributed by atoms with E-state index in [9.17, 15) is 8.42 Å². The van der Waals surface area contributed by atoms with E-state index in [1.165, 1.54) is 11.1 Å². The second-order valence-corrected chi connectivity index (χ2v) is 7.87. The summed E-state index contributed by atoms with van der Waals surface area (Å²) in [6.07, 6.45) is 2.84. The third-order valence-corrected chi connectivity index (χ3v) is 4.60. The lowest BCUT2D eigenvalue weighted by molar-refractivity contribution is 0.486. The van der Waals surface area contributed by atoms with Gasteiger partial charge in [-0.15, -0.1) is 35.3 Å². The fourth-order valence-electron chi connectivity index (χ4n) is 1.83. The molecule has 2 N–H and O–H groups in total. The summed E-state index contributed by atoms with van der Waals surface area (Å²) in [5.41, 5.74) is 0. The van der Waals surface area contributed by atoms with Crippen LogP contribution in [0, 0.1) is 0 Å². The zero-order valence-electron chi connectivity index (χ0n) is 13.9. The van der Waals surface area contributed by atoms with Crippen LogP contribution >= 0.6 is 35.3 Å². The quantitative estimate of drug-likeness (QED) is 0.248. The molecule has 1 rings (SSSR count). The van der Waals surface area contributed by atoms with Crippen molar-refractivity contribution in [2.75, 3.05) is 39.5 Å². The third kappa shape index (κ3) is 10.9. The Balaban J connectivity index is 0.00000484. The molecule has 0 radical (unpaired) electrons. The van der Waals surface area contributed by atoms with Crippen molar-refractivity contribution in [2.45, 2.75) is 19.8 Å². The Morgan fingerprint density at radius 2 is 2.17 bits per heavy atom. The zero-order valence-corrected chi connectivity index (χ0v) is 17.9. The number of thiophene rings is 1. The molecule has 0 fully saturated rings. The summed E-state index contributed by atoms with van der Waals surface area (Å²) >= 11 is 1.76. The summed E-state index contributed by atoms with van der Waals surface area (Å²) in [6, 6.07) is 4.20. The molecule has 0 unspecified atom stereocenters. The number of nitrogens with zero attached hydrogens (tertiary/aromatic N) is 2. The molecule has 6 nitrogen and oxygen atoms in total. The SMILES string of the molecule is CCNC(=NCCCNS(C)(=O)=O)N(C)CCc1cccs1.I. The van der Waals surface area contributed by atoms with Crippen molar-refractivity contribution in [1.82, 2.24) is 14.9 Å². The number of sulfonamides is 1. The van der Waals surface area contributed by atoms with Crippen molar-refractivity contribution in [1.29, 1.82) is 0 Å². The van der Waals surface area contributed by atoms with Gasteiger partial charge in [-0.2, -0.15) is 0 Å². The molecule has 0 saturated carbocycles. The van der Waals surface area contributed by atoms with Crippen molar-refractivity contribution in [3.63, 3.8) is 0 Å². The van der Waals surface area contributed by atoms with Gasteiger partial charge in [0.2, 0.25) is 10.0 Å². The number of likely N-dealkylation sites (N-methyl/N-ethyl adjacent to an activating group) is 1. The lowest BCUT2D eigenvalue weighted by Crippen LogP contribution is -2.40. The molecule has 0 spiro atoms.